The van der Waals surface area contributed by atoms with Gasteiger partial charge in [0.2, 0.25) is 0 Å². The molecule has 0 aliphatic heterocycles. The second-order valence-electron chi connectivity index (χ2n) is 8.54. The zero-order chi connectivity index (χ0) is 26.2. The number of rotatable bonds is 7. The molecule has 0 bridgehead atoms. The number of hydrogen-bond acceptors (Lipinski definition) is 8. The molecular weight excluding hydrogens is 492 g/mol. The van der Waals surface area contributed by atoms with Crippen molar-refractivity contribution in [3.8, 4) is 0 Å². The van der Waals surface area contributed by atoms with Gasteiger partial charge in [0.1, 0.15) is 17.5 Å². The Balaban J connectivity index is 1.30. The molecule has 0 aliphatic rings. The van der Waals surface area contributed by atoms with Crippen molar-refractivity contribution >= 4 is 49.8 Å². The molecule has 0 saturated carbocycles. The molecule has 0 radical (unpaired) electrons. The lowest BCUT2D eigenvalue weighted by Crippen LogP contribution is -2.13. The third-order valence-electron chi connectivity index (χ3n) is 5.64. The first kappa shape index (κ1) is 24.1. The highest BCUT2D eigenvalue weighted by atomic mass is 32.2. The summed E-state index contributed by atoms with van der Waals surface area (Å²) >= 11 is 0. The van der Waals surface area contributed by atoms with Gasteiger partial charge in [-0.2, -0.15) is 0 Å². The number of nitrogens with zero attached hydrogens (tertiary/aromatic N) is 3. The number of aromatic nitrogens is 3. The van der Waals surface area contributed by atoms with Crippen molar-refractivity contribution in [2.75, 3.05) is 15.4 Å². The molecule has 11 heteroatoms. The smallest absolute Gasteiger partial charge is 0.408 e. The van der Waals surface area contributed by atoms with Crippen molar-refractivity contribution in [2.24, 2.45) is 7.05 Å². The van der Waals surface area contributed by atoms with Crippen LogP contribution in [0.1, 0.15) is 11.4 Å². The minimum Gasteiger partial charge on any atom is -0.408 e. The van der Waals surface area contributed by atoms with Gasteiger partial charge in [-0.1, -0.05) is 17.7 Å². The first-order valence-corrected chi connectivity index (χ1v) is 12.8. The van der Waals surface area contributed by atoms with E-state index in [0.29, 0.717) is 34.2 Å². The summed E-state index contributed by atoms with van der Waals surface area (Å²) in [7, 11) is -2.37. The lowest BCUT2D eigenvalue weighted by atomic mass is 10.2. The molecule has 3 N–H and O–H groups in total. The lowest BCUT2D eigenvalue weighted by Gasteiger charge is -2.12. The van der Waals surface area contributed by atoms with Crippen molar-refractivity contribution in [1.29, 1.82) is 0 Å². The van der Waals surface area contributed by atoms with Crippen LogP contribution in [0.4, 0.5) is 28.7 Å². The number of sulfonamides is 1. The van der Waals surface area contributed by atoms with Crippen molar-refractivity contribution in [3.63, 3.8) is 0 Å². The number of oxazole rings is 1. The number of aryl methyl sites for hydroxylation is 3. The van der Waals surface area contributed by atoms with Crippen molar-refractivity contribution in [2.45, 2.75) is 18.7 Å². The summed E-state index contributed by atoms with van der Waals surface area (Å²) in [6, 6.07) is 20.8. The quantitative estimate of drug-likeness (QED) is 0.280. The minimum atomic E-state index is -3.88. The van der Waals surface area contributed by atoms with Gasteiger partial charge in [0.25, 0.3) is 10.0 Å². The first-order chi connectivity index (χ1) is 17.7. The zero-order valence-corrected chi connectivity index (χ0v) is 21.1. The highest BCUT2D eigenvalue weighted by Crippen LogP contribution is 2.24. The Morgan fingerprint density at radius 2 is 1.35 bits per heavy atom. The van der Waals surface area contributed by atoms with Crippen LogP contribution in [0.25, 0.3) is 11.1 Å². The van der Waals surface area contributed by atoms with E-state index < -0.39 is 15.8 Å². The molecule has 5 aromatic rings. The van der Waals surface area contributed by atoms with E-state index in [0.717, 1.165) is 11.4 Å². The van der Waals surface area contributed by atoms with Crippen molar-refractivity contribution in [1.82, 2.24) is 14.5 Å². The number of benzene rings is 3. The predicted octanol–water partition coefficient (Wildman–Crippen LogP) is 4.83. The van der Waals surface area contributed by atoms with E-state index in [1.54, 1.807) is 30.3 Å². The number of hydrogen-bond donors (Lipinski definition) is 3. The Hall–Kier alpha value is -4.64. The van der Waals surface area contributed by atoms with Gasteiger partial charge in [0.15, 0.2) is 5.58 Å². The van der Waals surface area contributed by atoms with Gasteiger partial charge in [-0.15, -0.1) is 0 Å². The minimum absolute atomic E-state index is 0.0173. The molecule has 0 atom stereocenters. The van der Waals surface area contributed by atoms with Crippen LogP contribution < -0.4 is 21.1 Å². The van der Waals surface area contributed by atoms with E-state index in [2.05, 4.69) is 25.3 Å². The number of fused-ring (bicyclic) bond motifs is 1. The zero-order valence-electron chi connectivity index (χ0n) is 20.3. The van der Waals surface area contributed by atoms with Crippen LogP contribution in [0.15, 0.2) is 86.9 Å². The highest BCUT2D eigenvalue weighted by Gasteiger charge is 2.17. The molecule has 2 aromatic heterocycles. The van der Waals surface area contributed by atoms with Crippen LogP contribution in [0.5, 0.6) is 0 Å². The molecule has 188 valence electrons. The summed E-state index contributed by atoms with van der Waals surface area (Å²) in [5, 5.41) is 6.49. The third kappa shape index (κ3) is 5.31. The van der Waals surface area contributed by atoms with Crippen LogP contribution in [0.3, 0.4) is 0 Å². The highest BCUT2D eigenvalue weighted by molar-refractivity contribution is 7.92. The molecule has 0 amide bonds. The van der Waals surface area contributed by atoms with E-state index in [-0.39, 0.29) is 4.90 Å². The largest absolute Gasteiger partial charge is 0.419 e. The molecular formula is C26H24N6O4S. The van der Waals surface area contributed by atoms with Crippen LogP contribution in [0.2, 0.25) is 0 Å². The van der Waals surface area contributed by atoms with E-state index >= 15 is 0 Å². The molecule has 0 aliphatic carbocycles. The Bertz CT molecular complexity index is 1760. The normalized spacial score (nSPS) is 11.4. The predicted molar refractivity (Wildman–Crippen MR) is 143 cm³/mol. The SMILES string of the molecule is Cc1ccc(Nc2cc(Nc3ccc(NS(=O)(=O)c4ccc5oc(=O)n(C)c5c4)cc3)nc(C)n2)cc1. The van der Waals surface area contributed by atoms with E-state index in [4.69, 9.17) is 4.42 Å². The summed E-state index contributed by atoms with van der Waals surface area (Å²) in [5.74, 6) is 1.28. The maximum atomic E-state index is 12.9. The van der Waals surface area contributed by atoms with Gasteiger partial charge in [-0.25, -0.2) is 23.2 Å². The topological polar surface area (TPSA) is 131 Å². The molecule has 0 fully saturated rings. The molecule has 0 saturated heterocycles. The third-order valence-corrected chi connectivity index (χ3v) is 7.02. The maximum absolute atomic E-state index is 12.9. The van der Waals surface area contributed by atoms with Crippen LogP contribution in [-0.2, 0) is 17.1 Å². The average Bonchev–Trinajstić information content (AvgIpc) is 3.14. The monoisotopic (exact) mass is 516 g/mol. The Labute approximate surface area is 213 Å². The Kier molecular flexibility index (Phi) is 6.14. The van der Waals surface area contributed by atoms with Gasteiger partial charge in [0.05, 0.1) is 10.4 Å². The lowest BCUT2D eigenvalue weighted by molar-refractivity contribution is 0.528. The number of anilines is 5. The first-order valence-electron chi connectivity index (χ1n) is 11.4. The molecule has 5 rings (SSSR count). The van der Waals surface area contributed by atoms with Gasteiger partial charge in [0, 0.05) is 30.2 Å². The van der Waals surface area contributed by atoms with E-state index in [1.165, 1.54) is 35.4 Å². The Morgan fingerprint density at radius 1 is 0.784 bits per heavy atom. The standard InChI is InChI=1S/C26H24N6O4S/c1-16-4-6-18(7-5-16)29-24-15-25(28-17(2)27-24)30-19-8-10-20(11-9-19)31-37(34,35)21-12-13-23-22(14-21)32(3)26(33)36-23/h4-15,31H,1-3H3,(H2,27,28,29,30). The van der Waals surface area contributed by atoms with Crippen molar-refractivity contribution in [3.05, 3.63) is 94.7 Å². The molecule has 10 nitrogen and oxygen atoms in total. The van der Waals surface area contributed by atoms with Gasteiger partial charge in [-0.3, -0.25) is 9.29 Å². The van der Waals surface area contributed by atoms with Crippen LogP contribution in [-0.4, -0.2) is 23.0 Å². The molecule has 3 aromatic carbocycles. The van der Waals surface area contributed by atoms with Crippen LogP contribution in [0, 0.1) is 13.8 Å². The van der Waals surface area contributed by atoms with Crippen LogP contribution >= 0.6 is 0 Å². The van der Waals surface area contributed by atoms with Gasteiger partial charge in [-0.05, 0) is 68.4 Å². The van der Waals surface area contributed by atoms with Crippen molar-refractivity contribution < 1.29 is 12.8 Å². The summed E-state index contributed by atoms with van der Waals surface area (Å²) < 4.78 is 34.7. The Morgan fingerprint density at radius 3 is 1.97 bits per heavy atom. The fourth-order valence-corrected chi connectivity index (χ4v) is 4.82. The molecule has 0 unspecified atom stereocenters. The summed E-state index contributed by atoms with van der Waals surface area (Å²) in [5.41, 5.74) is 3.90. The fraction of sp³-hybridized carbons (Fsp3) is 0.115. The average molecular weight is 517 g/mol. The summed E-state index contributed by atoms with van der Waals surface area (Å²) in [6.07, 6.45) is 0. The second-order valence-corrected chi connectivity index (χ2v) is 10.2. The fourth-order valence-electron chi connectivity index (χ4n) is 3.74. The van der Waals surface area contributed by atoms with Gasteiger partial charge < -0.3 is 15.1 Å². The molecule has 0 spiro atoms. The second kappa shape index (κ2) is 9.43. The molecule has 37 heavy (non-hydrogen) atoms. The maximum Gasteiger partial charge on any atom is 0.419 e. The van der Waals surface area contributed by atoms with E-state index in [1.807, 2.05) is 38.1 Å². The van der Waals surface area contributed by atoms with Gasteiger partial charge >= 0.3 is 5.76 Å². The van der Waals surface area contributed by atoms with E-state index in [9.17, 15) is 13.2 Å². The summed E-state index contributed by atoms with van der Waals surface area (Å²) in [6.45, 7) is 3.84. The number of nitrogens with one attached hydrogen (secondary N) is 3. The summed E-state index contributed by atoms with van der Waals surface area (Å²) in [4.78, 5) is 20.6. The molecule has 2 heterocycles.